The molecule has 0 heteroatoms. The van der Waals surface area contributed by atoms with Crippen molar-refractivity contribution in [3.8, 4) is 0 Å². The maximum absolute atomic E-state index is 2.32. The van der Waals surface area contributed by atoms with Crippen LogP contribution in [0.15, 0.2) is 0 Å². The third-order valence-corrected chi connectivity index (χ3v) is 2.98. The first-order chi connectivity index (χ1) is 5.28. The van der Waals surface area contributed by atoms with Gasteiger partial charge in [0.1, 0.15) is 0 Å². The molecule has 0 saturated heterocycles. The van der Waals surface area contributed by atoms with E-state index in [4.69, 9.17) is 0 Å². The zero-order valence-corrected chi connectivity index (χ0v) is 8.69. The third-order valence-electron chi connectivity index (χ3n) is 2.98. The van der Waals surface area contributed by atoms with Gasteiger partial charge in [0, 0.05) is 0 Å². The smallest absolute Gasteiger partial charge is 0.0417 e. The van der Waals surface area contributed by atoms with Crippen LogP contribution in [-0.4, -0.2) is 0 Å². The molecule has 0 spiro atoms. The van der Waals surface area contributed by atoms with Crippen LogP contribution in [0.1, 0.15) is 67.2 Å². The van der Waals surface area contributed by atoms with Crippen molar-refractivity contribution in [2.45, 2.75) is 67.2 Å². The highest BCUT2D eigenvalue weighted by molar-refractivity contribution is 4.61. The van der Waals surface area contributed by atoms with Crippen molar-refractivity contribution in [1.82, 2.24) is 0 Å². The van der Waals surface area contributed by atoms with Crippen molar-refractivity contribution in [3.05, 3.63) is 0 Å². The lowest BCUT2D eigenvalue weighted by Crippen LogP contribution is -2.05. The minimum absolute atomic E-state index is 0. The third kappa shape index (κ3) is 5.62. The molecule has 0 aliphatic heterocycles. The van der Waals surface area contributed by atoms with Gasteiger partial charge < -0.3 is 0 Å². The molecule has 0 bridgehead atoms. The molecule has 0 nitrogen and oxygen atoms in total. The minimum Gasteiger partial charge on any atom is -0.0776 e. The molecule has 0 amide bonds. The van der Waals surface area contributed by atoms with E-state index in [0.29, 0.717) is 0 Å². The topological polar surface area (TPSA) is 0 Å². The van der Waals surface area contributed by atoms with Crippen molar-refractivity contribution in [2.24, 2.45) is 11.8 Å². The molecule has 0 rings (SSSR count). The average Bonchev–Trinajstić information content (AvgIpc) is 2.07. The molecule has 0 atom stereocenters. The number of rotatable bonds is 6. The largest absolute Gasteiger partial charge is 0.0776 e. The van der Waals surface area contributed by atoms with Crippen molar-refractivity contribution in [2.75, 3.05) is 0 Å². The lowest BCUT2D eigenvalue weighted by molar-refractivity contribution is 0.338. The molecule has 0 fully saturated rings. The Labute approximate surface area is 79.8 Å². The van der Waals surface area contributed by atoms with Gasteiger partial charge in [0.2, 0.25) is 0 Å². The van der Waals surface area contributed by atoms with Gasteiger partial charge in [-0.2, -0.15) is 0 Å². The molecule has 76 valence electrons. The molecular formula is C12H28. The Hall–Kier alpha value is 0. The van der Waals surface area contributed by atoms with E-state index in [1.807, 2.05) is 0 Å². The van der Waals surface area contributed by atoms with E-state index in [1.54, 1.807) is 0 Å². The Morgan fingerprint density at radius 2 is 0.917 bits per heavy atom. The molecule has 12 heavy (non-hydrogen) atoms. The fourth-order valence-electron chi connectivity index (χ4n) is 1.72. The minimum atomic E-state index is 0. The second kappa shape index (κ2) is 9.09. The Morgan fingerprint density at radius 1 is 0.667 bits per heavy atom. The fraction of sp³-hybridized carbons (Fsp3) is 1.00. The molecule has 0 saturated carbocycles. The summed E-state index contributed by atoms with van der Waals surface area (Å²) in [4.78, 5) is 0. The molecule has 0 unspecified atom stereocenters. The Bertz CT molecular complexity index is 58.1. The van der Waals surface area contributed by atoms with Crippen LogP contribution in [-0.2, 0) is 0 Å². The monoisotopic (exact) mass is 172 g/mol. The van der Waals surface area contributed by atoms with Crippen molar-refractivity contribution in [3.63, 3.8) is 0 Å². The predicted octanol–water partition coefficient (Wildman–Crippen LogP) is 4.89. The zero-order valence-electron chi connectivity index (χ0n) is 8.69. The summed E-state index contributed by atoms with van der Waals surface area (Å²) in [5.74, 6) is 1.97. The van der Waals surface area contributed by atoms with Gasteiger partial charge >= 0.3 is 0 Å². The van der Waals surface area contributed by atoms with E-state index in [-0.39, 0.29) is 7.43 Å². The number of hydrogen-bond donors (Lipinski definition) is 0. The highest BCUT2D eigenvalue weighted by atomic mass is 14.2. The van der Waals surface area contributed by atoms with E-state index in [0.717, 1.165) is 11.8 Å². The van der Waals surface area contributed by atoms with Gasteiger partial charge in [-0.1, -0.05) is 60.8 Å². The van der Waals surface area contributed by atoms with Crippen LogP contribution in [0.4, 0.5) is 0 Å². The van der Waals surface area contributed by atoms with Crippen molar-refractivity contribution in [1.29, 1.82) is 0 Å². The van der Waals surface area contributed by atoms with E-state index >= 15 is 0 Å². The Balaban J connectivity index is 0. The molecule has 0 N–H and O–H groups in total. The van der Waals surface area contributed by atoms with Gasteiger partial charge in [0.05, 0.1) is 0 Å². The summed E-state index contributed by atoms with van der Waals surface area (Å²) in [7, 11) is 0. The first kappa shape index (κ1) is 14.5. The predicted molar refractivity (Wildman–Crippen MR) is 59.5 cm³/mol. The van der Waals surface area contributed by atoms with Gasteiger partial charge in [-0.05, 0) is 18.3 Å². The van der Waals surface area contributed by atoms with Gasteiger partial charge in [0.15, 0.2) is 0 Å². The van der Waals surface area contributed by atoms with E-state index in [1.165, 1.54) is 32.1 Å². The highest BCUT2D eigenvalue weighted by Crippen LogP contribution is 2.23. The summed E-state index contributed by atoms with van der Waals surface area (Å²) in [6.45, 7) is 9.26. The van der Waals surface area contributed by atoms with Crippen LogP contribution in [0.25, 0.3) is 0 Å². The Morgan fingerprint density at radius 3 is 1.08 bits per heavy atom. The van der Waals surface area contributed by atoms with E-state index in [2.05, 4.69) is 27.7 Å². The summed E-state index contributed by atoms with van der Waals surface area (Å²) in [6.07, 6.45) is 6.93. The highest BCUT2D eigenvalue weighted by Gasteiger charge is 2.09. The van der Waals surface area contributed by atoms with Crippen LogP contribution < -0.4 is 0 Å². The standard InChI is InChI=1S/C11H24.CH4/c1-5-10(6-2)9-11(7-3)8-4;/h10-11H,5-9H2,1-4H3;1H4. The van der Waals surface area contributed by atoms with Gasteiger partial charge in [-0.3, -0.25) is 0 Å². The fourth-order valence-corrected chi connectivity index (χ4v) is 1.72. The number of hydrogen-bond acceptors (Lipinski definition) is 0. The molecule has 0 aliphatic rings. The van der Waals surface area contributed by atoms with Crippen LogP contribution in [0, 0.1) is 11.8 Å². The molecule has 0 aromatic rings. The Kier molecular flexibility index (Phi) is 11.0. The quantitative estimate of drug-likeness (QED) is 0.535. The SMILES string of the molecule is C.CCC(CC)CC(CC)CC. The van der Waals surface area contributed by atoms with Gasteiger partial charge in [0.25, 0.3) is 0 Å². The lowest BCUT2D eigenvalue weighted by Gasteiger charge is -2.18. The normalized spacial score (nSPS) is 10.5. The van der Waals surface area contributed by atoms with Crippen molar-refractivity contribution >= 4 is 0 Å². The summed E-state index contributed by atoms with van der Waals surface area (Å²) in [6, 6.07) is 0. The van der Waals surface area contributed by atoms with Crippen LogP contribution in [0.2, 0.25) is 0 Å². The summed E-state index contributed by atoms with van der Waals surface area (Å²) >= 11 is 0. The summed E-state index contributed by atoms with van der Waals surface area (Å²) < 4.78 is 0. The summed E-state index contributed by atoms with van der Waals surface area (Å²) in [5.41, 5.74) is 0. The molecule has 0 heterocycles. The molecule has 0 radical (unpaired) electrons. The first-order valence-corrected chi connectivity index (χ1v) is 5.28. The van der Waals surface area contributed by atoms with Gasteiger partial charge in [-0.25, -0.2) is 0 Å². The first-order valence-electron chi connectivity index (χ1n) is 5.28. The van der Waals surface area contributed by atoms with Crippen LogP contribution in [0.3, 0.4) is 0 Å². The average molecular weight is 172 g/mol. The molecule has 0 aliphatic carbocycles. The van der Waals surface area contributed by atoms with Gasteiger partial charge in [-0.15, -0.1) is 0 Å². The van der Waals surface area contributed by atoms with Crippen LogP contribution in [0.5, 0.6) is 0 Å². The molecular weight excluding hydrogens is 144 g/mol. The van der Waals surface area contributed by atoms with E-state index in [9.17, 15) is 0 Å². The maximum atomic E-state index is 2.32. The van der Waals surface area contributed by atoms with Crippen LogP contribution >= 0.6 is 0 Å². The van der Waals surface area contributed by atoms with E-state index < -0.39 is 0 Å². The molecule has 0 aromatic carbocycles. The lowest BCUT2D eigenvalue weighted by atomic mass is 9.88. The summed E-state index contributed by atoms with van der Waals surface area (Å²) in [5, 5.41) is 0. The van der Waals surface area contributed by atoms with Crippen molar-refractivity contribution < 1.29 is 0 Å². The zero-order chi connectivity index (χ0) is 8.69. The maximum Gasteiger partial charge on any atom is -0.0417 e. The second-order valence-electron chi connectivity index (χ2n) is 3.60. The molecule has 0 aromatic heterocycles. The second-order valence-corrected chi connectivity index (χ2v) is 3.60.